The fraction of sp³-hybridized carbons (Fsp3) is 0.533. The summed E-state index contributed by atoms with van der Waals surface area (Å²) >= 11 is 4.20. The van der Waals surface area contributed by atoms with Crippen molar-refractivity contribution in [3.63, 3.8) is 0 Å². The number of thiol groups is 1. The topological polar surface area (TPSA) is 20.3 Å². The molecule has 1 fully saturated rings. The maximum absolute atomic E-state index is 12.8. The van der Waals surface area contributed by atoms with Gasteiger partial charge in [-0.3, -0.25) is 4.79 Å². The Balaban J connectivity index is 1.90. The molecule has 1 heterocycles. The lowest BCUT2D eigenvalue weighted by molar-refractivity contribution is -0.186. The summed E-state index contributed by atoms with van der Waals surface area (Å²) in [5.74, 6) is -2.10. The SMILES string of the molecule is O=C(N1CC(S)CC1CCCc1ccc(F)cc1)C(F)(F)F. The molecule has 0 bridgehead atoms. The van der Waals surface area contributed by atoms with E-state index in [1.165, 1.54) is 12.1 Å². The van der Waals surface area contributed by atoms with Crippen LogP contribution in [-0.4, -0.2) is 34.8 Å². The normalized spacial score (nSPS) is 22.1. The molecule has 1 aromatic rings. The molecule has 0 aromatic heterocycles. The van der Waals surface area contributed by atoms with Crippen LogP contribution in [0.15, 0.2) is 24.3 Å². The number of rotatable bonds is 4. The fourth-order valence-electron chi connectivity index (χ4n) is 2.77. The minimum atomic E-state index is -4.84. The molecule has 1 aromatic carbocycles. The first-order valence-electron chi connectivity index (χ1n) is 7.07. The van der Waals surface area contributed by atoms with Gasteiger partial charge in [-0.2, -0.15) is 25.8 Å². The second kappa shape index (κ2) is 6.89. The van der Waals surface area contributed by atoms with Crippen LogP contribution >= 0.6 is 12.6 Å². The number of benzene rings is 1. The number of carbonyl (C=O) groups is 1. The zero-order chi connectivity index (χ0) is 16.3. The van der Waals surface area contributed by atoms with Crippen LogP contribution in [0.3, 0.4) is 0 Å². The molecule has 2 atom stereocenters. The van der Waals surface area contributed by atoms with Gasteiger partial charge in [-0.1, -0.05) is 12.1 Å². The number of hydrogen-bond acceptors (Lipinski definition) is 2. The average molecular weight is 335 g/mol. The van der Waals surface area contributed by atoms with Crippen molar-refractivity contribution in [3.05, 3.63) is 35.6 Å². The largest absolute Gasteiger partial charge is 0.471 e. The lowest BCUT2D eigenvalue weighted by atomic mass is 10.0. The van der Waals surface area contributed by atoms with Gasteiger partial charge in [0.05, 0.1) is 0 Å². The van der Waals surface area contributed by atoms with E-state index in [4.69, 9.17) is 0 Å². The van der Waals surface area contributed by atoms with Crippen LogP contribution in [0.25, 0.3) is 0 Å². The Hall–Kier alpha value is -1.24. The van der Waals surface area contributed by atoms with Crippen molar-refractivity contribution in [2.24, 2.45) is 0 Å². The molecule has 0 spiro atoms. The van der Waals surface area contributed by atoms with E-state index in [1.54, 1.807) is 12.1 Å². The predicted molar refractivity (Wildman–Crippen MR) is 78.3 cm³/mol. The van der Waals surface area contributed by atoms with E-state index in [9.17, 15) is 22.4 Å². The monoisotopic (exact) mass is 335 g/mol. The molecule has 22 heavy (non-hydrogen) atoms. The fourth-order valence-corrected chi connectivity index (χ4v) is 3.19. The Morgan fingerprint density at radius 1 is 1.27 bits per heavy atom. The number of alkyl halides is 3. The molecule has 122 valence electrons. The van der Waals surface area contributed by atoms with Crippen molar-refractivity contribution >= 4 is 18.5 Å². The summed E-state index contributed by atoms with van der Waals surface area (Å²) in [7, 11) is 0. The van der Waals surface area contributed by atoms with E-state index >= 15 is 0 Å². The van der Waals surface area contributed by atoms with Crippen LogP contribution in [-0.2, 0) is 11.2 Å². The van der Waals surface area contributed by atoms with Gasteiger partial charge in [-0.25, -0.2) is 4.39 Å². The van der Waals surface area contributed by atoms with E-state index < -0.39 is 18.1 Å². The molecule has 1 saturated heterocycles. The molecule has 1 aliphatic rings. The van der Waals surface area contributed by atoms with Crippen LogP contribution in [0.2, 0.25) is 0 Å². The van der Waals surface area contributed by atoms with Crippen molar-refractivity contribution in [3.8, 4) is 0 Å². The van der Waals surface area contributed by atoms with E-state index in [2.05, 4.69) is 12.6 Å². The van der Waals surface area contributed by atoms with Gasteiger partial charge in [0.2, 0.25) is 0 Å². The lowest BCUT2D eigenvalue weighted by Crippen LogP contribution is -2.44. The maximum Gasteiger partial charge on any atom is 0.471 e. The Labute approximate surface area is 131 Å². The molecule has 2 nitrogen and oxygen atoms in total. The van der Waals surface area contributed by atoms with Gasteiger partial charge in [0, 0.05) is 17.8 Å². The van der Waals surface area contributed by atoms with E-state index in [0.717, 1.165) is 10.5 Å². The Morgan fingerprint density at radius 3 is 2.50 bits per heavy atom. The van der Waals surface area contributed by atoms with Crippen LogP contribution in [0.4, 0.5) is 17.6 Å². The molecule has 0 N–H and O–H groups in total. The van der Waals surface area contributed by atoms with Crippen molar-refractivity contribution in [2.45, 2.75) is 43.2 Å². The number of carbonyl (C=O) groups excluding carboxylic acids is 1. The average Bonchev–Trinajstić information content (AvgIpc) is 2.80. The Morgan fingerprint density at radius 2 is 1.91 bits per heavy atom. The molecule has 0 saturated carbocycles. The zero-order valence-electron chi connectivity index (χ0n) is 11.8. The number of nitrogens with zero attached hydrogens (tertiary/aromatic N) is 1. The summed E-state index contributed by atoms with van der Waals surface area (Å²) in [5, 5.41) is -0.220. The summed E-state index contributed by atoms with van der Waals surface area (Å²) in [6, 6.07) is 5.59. The van der Waals surface area contributed by atoms with Gasteiger partial charge in [0.25, 0.3) is 0 Å². The summed E-state index contributed by atoms with van der Waals surface area (Å²) in [5.41, 5.74) is 0.926. The van der Waals surface area contributed by atoms with E-state index in [1.807, 2.05) is 0 Å². The summed E-state index contributed by atoms with van der Waals surface area (Å²) in [6.07, 6.45) is -2.61. The maximum atomic E-state index is 12.8. The number of likely N-dealkylation sites (tertiary alicyclic amines) is 1. The van der Waals surface area contributed by atoms with Crippen molar-refractivity contribution in [2.75, 3.05) is 6.54 Å². The van der Waals surface area contributed by atoms with E-state index in [-0.39, 0.29) is 17.6 Å². The predicted octanol–water partition coefficient (Wildman–Crippen LogP) is 3.61. The molecule has 2 unspecified atom stereocenters. The highest BCUT2D eigenvalue weighted by Gasteiger charge is 2.47. The van der Waals surface area contributed by atoms with Crippen molar-refractivity contribution in [1.82, 2.24) is 4.90 Å². The minimum Gasteiger partial charge on any atom is -0.331 e. The van der Waals surface area contributed by atoms with Gasteiger partial charge < -0.3 is 4.90 Å². The Bertz CT molecular complexity index is 517. The number of amides is 1. The summed E-state index contributed by atoms with van der Waals surface area (Å²) < 4.78 is 50.5. The molecule has 0 radical (unpaired) electrons. The smallest absolute Gasteiger partial charge is 0.331 e. The minimum absolute atomic E-state index is 0.0304. The standard InChI is InChI=1S/C15H17F4NOS/c16-11-6-4-10(5-7-11)2-1-3-12-8-13(22)9-20(12)14(21)15(17,18)19/h4-7,12-13,22H,1-3,8-9H2. The van der Waals surface area contributed by atoms with Crippen LogP contribution < -0.4 is 0 Å². The van der Waals surface area contributed by atoms with Gasteiger partial charge >= 0.3 is 12.1 Å². The molecule has 7 heteroatoms. The highest BCUT2D eigenvalue weighted by atomic mass is 32.1. The highest BCUT2D eigenvalue weighted by Crippen LogP contribution is 2.30. The summed E-state index contributed by atoms with van der Waals surface area (Å²) in [4.78, 5) is 12.3. The van der Waals surface area contributed by atoms with Crippen LogP contribution in [0.1, 0.15) is 24.8 Å². The van der Waals surface area contributed by atoms with Crippen LogP contribution in [0, 0.1) is 5.82 Å². The highest BCUT2D eigenvalue weighted by molar-refractivity contribution is 7.81. The number of hydrogen-bond donors (Lipinski definition) is 1. The second-order valence-corrected chi connectivity index (χ2v) is 6.25. The van der Waals surface area contributed by atoms with Crippen molar-refractivity contribution < 1.29 is 22.4 Å². The first-order valence-corrected chi connectivity index (χ1v) is 7.59. The molecular formula is C15H17F4NOS. The first-order chi connectivity index (χ1) is 10.3. The van der Waals surface area contributed by atoms with Crippen molar-refractivity contribution in [1.29, 1.82) is 0 Å². The zero-order valence-corrected chi connectivity index (χ0v) is 12.7. The van der Waals surface area contributed by atoms with Gasteiger partial charge in [0.1, 0.15) is 5.82 Å². The van der Waals surface area contributed by atoms with Gasteiger partial charge in [-0.05, 0) is 43.4 Å². The summed E-state index contributed by atoms with van der Waals surface area (Å²) in [6.45, 7) is 0.0304. The third-order valence-electron chi connectivity index (χ3n) is 3.81. The van der Waals surface area contributed by atoms with E-state index in [0.29, 0.717) is 25.7 Å². The second-order valence-electron chi connectivity index (χ2n) is 5.52. The number of aryl methyl sites for hydroxylation is 1. The first kappa shape index (κ1) is 17.1. The molecule has 1 amide bonds. The third-order valence-corrected chi connectivity index (χ3v) is 4.19. The van der Waals surface area contributed by atoms with Gasteiger partial charge in [0.15, 0.2) is 0 Å². The number of halogens is 4. The lowest BCUT2D eigenvalue weighted by Gasteiger charge is -2.25. The molecular weight excluding hydrogens is 318 g/mol. The molecule has 1 aliphatic heterocycles. The molecule has 2 rings (SSSR count). The van der Waals surface area contributed by atoms with Gasteiger partial charge in [-0.15, -0.1) is 0 Å². The third kappa shape index (κ3) is 4.38. The quantitative estimate of drug-likeness (QED) is 0.658. The van der Waals surface area contributed by atoms with Crippen LogP contribution in [0.5, 0.6) is 0 Å². The molecule has 0 aliphatic carbocycles. The Kier molecular flexibility index (Phi) is 5.36.